The van der Waals surface area contributed by atoms with Gasteiger partial charge in [0.2, 0.25) is 11.8 Å². The van der Waals surface area contributed by atoms with Crippen LogP contribution in [0.25, 0.3) is 6.08 Å². The number of amides is 2. The topological polar surface area (TPSA) is 102 Å². The Morgan fingerprint density at radius 3 is 2.54 bits per heavy atom. The van der Waals surface area contributed by atoms with Gasteiger partial charge >= 0.3 is 0 Å². The Kier molecular flexibility index (Phi) is 10.5. The molecule has 1 aliphatic heterocycles. The predicted molar refractivity (Wildman–Crippen MR) is 143 cm³/mol. The van der Waals surface area contributed by atoms with E-state index in [1.54, 1.807) is 0 Å². The molecule has 1 heterocycles. The molecule has 0 aromatic heterocycles. The minimum atomic E-state index is -0.238. The molecule has 196 valence electrons. The number of carbonyl (C=O) groups excluding carboxylic acids is 2. The molecule has 1 unspecified atom stereocenters. The first-order valence-electron chi connectivity index (χ1n) is 12.6. The van der Waals surface area contributed by atoms with E-state index in [2.05, 4.69) is 47.2 Å². The number of hydrogen-bond acceptors (Lipinski definition) is 5. The zero-order valence-electron chi connectivity index (χ0n) is 21.8. The van der Waals surface area contributed by atoms with Crippen LogP contribution in [0.3, 0.4) is 0 Å². The first kappa shape index (κ1) is 28.6. The second-order valence-electron chi connectivity index (χ2n) is 10.5. The number of imide groups is 1. The molecule has 0 bridgehead atoms. The maximum absolute atomic E-state index is 12.1. The third kappa shape index (κ3) is 8.82. The number of ether oxygens (including phenoxy) is 1. The summed E-state index contributed by atoms with van der Waals surface area (Å²) in [7, 11) is 0. The third-order valence-electron chi connectivity index (χ3n) is 6.42. The summed E-state index contributed by atoms with van der Waals surface area (Å²) >= 11 is 0. The van der Waals surface area contributed by atoms with Crippen molar-refractivity contribution in [2.24, 2.45) is 0 Å². The van der Waals surface area contributed by atoms with Crippen molar-refractivity contribution in [3.63, 3.8) is 0 Å². The van der Waals surface area contributed by atoms with Gasteiger partial charge in [-0.2, -0.15) is 0 Å². The fraction of sp³-hybridized carbons (Fsp3) is 0.571. The number of rotatable bonds is 10. The van der Waals surface area contributed by atoms with E-state index < -0.39 is 0 Å². The van der Waals surface area contributed by atoms with Crippen molar-refractivity contribution in [2.75, 3.05) is 19.6 Å². The highest BCUT2D eigenvalue weighted by Crippen LogP contribution is 2.31. The molecule has 3 rings (SSSR count). The zero-order chi connectivity index (χ0) is 24.7. The molecule has 35 heavy (non-hydrogen) atoms. The summed E-state index contributed by atoms with van der Waals surface area (Å²) in [6.45, 7) is 15.2. The molecule has 1 aromatic carbocycles. The van der Waals surface area contributed by atoms with Crippen LogP contribution < -0.4 is 10.6 Å². The van der Waals surface area contributed by atoms with Crippen molar-refractivity contribution in [3.05, 3.63) is 53.4 Å². The Morgan fingerprint density at radius 2 is 1.91 bits per heavy atom. The van der Waals surface area contributed by atoms with Gasteiger partial charge < -0.3 is 15.5 Å². The number of nitrogens with zero attached hydrogens (tertiary/aromatic N) is 1. The van der Waals surface area contributed by atoms with E-state index >= 15 is 0 Å². The lowest BCUT2D eigenvalue weighted by Crippen LogP contribution is -2.39. The quantitative estimate of drug-likeness (QED) is 0.381. The number of nitrogens with one attached hydrogen (secondary N) is 2. The Hall–Kier alpha value is -2.64. The molecule has 1 aromatic rings. The fourth-order valence-corrected chi connectivity index (χ4v) is 4.88. The number of benzene rings is 1. The first-order chi connectivity index (χ1) is 16.1. The van der Waals surface area contributed by atoms with Crippen molar-refractivity contribution in [1.82, 2.24) is 15.5 Å². The van der Waals surface area contributed by atoms with Crippen LogP contribution >= 0.6 is 0 Å². The SMILES string of the molecule is C=C(NCCN(CCC)C1CC/C(=C/c2ccc([C@@H]3CCC(=O)NC3=O)cc2)C1)OC(C)(C)C.O.[HH]. The van der Waals surface area contributed by atoms with Gasteiger partial charge in [-0.05, 0) is 77.1 Å². The molecule has 7 heteroatoms. The lowest BCUT2D eigenvalue weighted by Gasteiger charge is -2.29. The number of carbonyl (C=O) groups is 2. The minimum absolute atomic E-state index is 0. The highest BCUT2D eigenvalue weighted by atomic mass is 16.5. The standard InChI is InChI=1S/C28H41N3O3.H2O.H2/c1-6-16-31(17-15-29-20(2)34-28(3,4)5)24-12-9-22(19-24)18-21-7-10-23(11-8-21)25-13-14-26(32)30-27(25)33;;/h7-8,10-11,18,24-25,29H,2,6,9,12-17,19H2,1,3-5H3,(H,30,32,33);1H2;1H/b22-18-;;/t24?,25-;;/m0../s1. The number of hydrogen-bond donors (Lipinski definition) is 2. The van der Waals surface area contributed by atoms with Gasteiger partial charge in [-0.15, -0.1) is 0 Å². The van der Waals surface area contributed by atoms with E-state index in [9.17, 15) is 9.59 Å². The summed E-state index contributed by atoms with van der Waals surface area (Å²) in [4.78, 5) is 26.1. The van der Waals surface area contributed by atoms with Gasteiger partial charge in [0.05, 0.1) is 5.92 Å². The van der Waals surface area contributed by atoms with E-state index in [1.165, 1.54) is 17.6 Å². The van der Waals surface area contributed by atoms with Crippen molar-refractivity contribution >= 4 is 17.9 Å². The number of piperidine rings is 1. The molecule has 2 atom stereocenters. The van der Waals surface area contributed by atoms with Crippen LogP contribution in [-0.4, -0.2) is 53.5 Å². The average Bonchev–Trinajstić information content (AvgIpc) is 3.21. The van der Waals surface area contributed by atoms with E-state index in [1.807, 2.05) is 32.9 Å². The van der Waals surface area contributed by atoms with Gasteiger partial charge in [0.25, 0.3) is 0 Å². The lowest BCUT2D eigenvalue weighted by molar-refractivity contribution is -0.134. The molecule has 2 amide bonds. The van der Waals surface area contributed by atoms with E-state index in [0.717, 1.165) is 44.5 Å². The maximum Gasteiger partial charge on any atom is 0.234 e. The van der Waals surface area contributed by atoms with Crippen molar-refractivity contribution in [2.45, 2.75) is 83.8 Å². The Balaban J connectivity index is 0.00000324. The zero-order valence-corrected chi connectivity index (χ0v) is 21.8. The summed E-state index contributed by atoms with van der Waals surface area (Å²) in [6.07, 6.45) is 7.82. The molecule has 1 aliphatic carbocycles. The van der Waals surface area contributed by atoms with Crippen LogP contribution in [0.4, 0.5) is 0 Å². The lowest BCUT2D eigenvalue weighted by atomic mass is 9.90. The van der Waals surface area contributed by atoms with Crippen LogP contribution in [0.15, 0.2) is 42.3 Å². The predicted octanol–water partition coefficient (Wildman–Crippen LogP) is 4.15. The van der Waals surface area contributed by atoms with Crippen LogP contribution in [-0.2, 0) is 14.3 Å². The second-order valence-corrected chi connectivity index (χ2v) is 10.5. The van der Waals surface area contributed by atoms with Crippen LogP contribution in [0.1, 0.15) is 84.7 Å². The monoisotopic (exact) mass is 487 g/mol. The molecular formula is C28H45N3O4. The average molecular weight is 488 g/mol. The molecule has 1 saturated carbocycles. The maximum atomic E-state index is 12.1. The summed E-state index contributed by atoms with van der Waals surface area (Å²) in [6, 6.07) is 8.80. The largest absolute Gasteiger partial charge is 0.474 e. The van der Waals surface area contributed by atoms with Crippen LogP contribution in [0, 0.1) is 0 Å². The molecule has 2 aliphatic rings. The second kappa shape index (κ2) is 12.9. The molecule has 7 nitrogen and oxygen atoms in total. The summed E-state index contributed by atoms with van der Waals surface area (Å²) in [5.41, 5.74) is 3.40. The minimum Gasteiger partial charge on any atom is -0.474 e. The summed E-state index contributed by atoms with van der Waals surface area (Å²) in [5, 5.41) is 5.77. The van der Waals surface area contributed by atoms with Crippen molar-refractivity contribution in [1.29, 1.82) is 0 Å². The molecule has 2 fully saturated rings. The molecule has 0 spiro atoms. The first-order valence-corrected chi connectivity index (χ1v) is 12.6. The van der Waals surface area contributed by atoms with Gasteiger partial charge in [0.1, 0.15) is 5.60 Å². The van der Waals surface area contributed by atoms with Gasteiger partial charge in [-0.25, -0.2) is 0 Å². The van der Waals surface area contributed by atoms with Gasteiger partial charge in [-0.3, -0.25) is 19.8 Å². The van der Waals surface area contributed by atoms with Gasteiger partial charge in [0.15, 0.2) is 5.88 Å². The van der Waals surface area contributed by atoms with Gasteiger partial charge in [-0.1, -0.05) is 42.8 Å². The third-order valence-corrected chi connectivity index (χ3v) is 6.42. The fourth-order valence-electron chi connectivity index (χ4n) is 4.88. The summed E-state index contributed by atoms with van der Waals surface area (Å²) in [5.74, 6) is 0.0579. The van der Waals surface area contributed by atoms with Crippen LogP contribution in [0.2, 0.25) is 0 Å². The van der Waals surface area contributed by atoms with E-state index in [4.69, 9.17) is 4.74 Å². The highest BCUT2D eigenvalue weighted by Gasteiger charge is 2.28. The Labute approximate surface area is 211 Å². The molecule has 0 radical (unpaired) electrons. The highest BCUT2D eigenvalue weighted by molar-refractivity contribution is 6.00. The summed E-state index contributed by atoms with van der Waals surface area (Å²) < 4.78 is 5.78. The molecular weight excluding hydrogens is 442 g/mol. The molecule has 4 N–H and O–H groups in total. The Morgan fingerprint density at radius 1 is 1.20 bits per heavy atom. The smallest absolute Gasteiger partial charge is 0.234 e. The van der Waals surface area contributed by atoms with Crippen molar-refractivity contribution in [3.8, 4) is 0 Å². The molecule has 1 saturated heterocycles. The Bertz CT molecular complexity index is 908. The normalized spacial score (nSPS) is 21.6. The van der Waals surface area contributed by atoms with Gasteiger partial charge in [0, 0.05) is 27.0 Å². The van der Waals surface area contributed by atoms with Crippen molar-refractivity contribution < 1.29 is 21.2 Å². The van der Waals surface area contributed by atoms with Crippen LogP contribution in [0.5, 0.6) is 0 Å². The van der Waals surface area contributed by atoms with E-state index in [-0.39, 0.29) is 30.2 Å². The van der Waals surface area contributed by atoms with E-state index in [0.29, 0.717) is 24.8 Å².